The maximum absolute atomic E-state index is 6.23. The van der Waals surface area contributed by atoms with Gasteiger partial charge < -0.3 is 9.31 Å². The molecule has 2 fully saturated rings. The van der Waals surface area contributed by atoms with E-state index < -0.39 is 0 Å². The highest BCUT2D eigenvalue weighted by Crippen LogP contribution is 2.39. The second-order valence-electron chi connectivity index (χ2n) is 7.14. The summed E-state index contributed by atoms with van der Waals surface area (Å²) in [6, 6.07) is 2.06. The first kappa shape index (κ1) is 14.1. The van der Waals surface area contributed by atoms with Crippen LogP contribution < -0.4 is 5.46 Å². The molecule has 1 saturated carbocycles. The predicted octanol–water partition coefficient (Wildman–Crippen LogP) is 2.96. The van der Waals surface area contributed by atoms with E-state index >= 15 is 0 Å². The van der Waals surface area contributed by atoms with Crippen molar-refractivity contribution in [1.82, 2.24) is 4.98 Å². The molecule has 1 aliphatic heterocycles. The van der Waals surface area contributed by atoms with E-state index in [0.717, 1.165) is 5.46 Å². The van der Waals surface area contributed by atoms with Crippen molar-refractivity contribution >= 4 is 12.6 Å². The molecule has 2 aliphatic rings. The normalized spacial score (nSPS) is 24.8. The van der Waals surface area contributed by atoms with E-state index in [1.807, 2.05) is 6.20 Å². The number of hydrogen-bond acceptors (Lipinski definition) is 3. The van der Waals surface area contributed by atoms with Crippen molar-refractivity contribution in [2.24, 2.45) is 0 Å². The van der Waals surface area contributed by atoms with E-state index in [0.29, 0.717) is 5.92 Å². The van der Waals surface area contributed by atoms with Crippen LogP contribution in [0.1, 0.15) is 64.1 Å². The quantitative estimate of drug-likeness (QED) is 0.776. The fourth-order valence-corrected chi connectivity index (χ4v) is 2.87. The summed E-state index contributed by atoms with van der Waals surface area (Å²) < 4.78 is 12.5. The predicted molar refractivity (Wildman–Crippen MR) is 81.3 cm³/mol. The van der Waals surface area contributed by atoms with Crippen molar-refractivity contribution in [3.05, 3.63) is 23.5 Å². The van der Waals surface area contributed by atoms with Crippen LogP contribution in [0, 0.1) is 6.92 Å². The van der Waals surface area contributed by atoms with Gasteiger partial charge in [-0.15, -0.1) is 0 Å². The van der Waals surface area contributed by atoms with Crippen LogP contribution in [0.5, 0.6) is 0 Å². The Morgan fingerprint density at radius 1 is 1.15 bits per heavy atom. The molecular weight excluding hydrogens is 249 g/mol. The highest BCUT2D eigenvalue weighted by molar-refractivity contribution is 6.63. The first-order chi connectivity index (χ1) is 9.32. The van der Waals surface area contributed by atoms with Crippen LogP contribution >= 0.6 is 0 Å². The number of nitrogens with zero attached hydrogens (tertiary/aromatic N) is 1. The Bertz CT molecular complexity index is 507. The summed E-state index contributed by atoms with van der Waals surface area (Å²) in [7, 11) is -0.288. The van der Waals surface area contributed by atoms with Crippen molar-refractivity contribution in [1.29, 1.82) is 0 Å². The Morgan fingerprint density at radius 2 is 1.75 bits per heavy atom. The van der Waals surface area contributed by atoms with Crippen molar-refractivity contribution in [2.45, 2.75) is 71.0 Å². The van der Waals surface area contributed by atoms with Gasteiger partial charge in [0.05, 0.1) is 11.2 Å². The van der Waals surface area contributed by atoms with Gasteiger partial charge in [0.25, 0.3) is 0 Å². The highest BCUT2D eigenvalue weighted by Gasteiger charge is 2.53. The average Bonchev–Trinajstić information content (AvgIpc) is 2.45. The number of aryl methyl sites for hydroxylation is 1. The van der Waals surface area contributed by atoms with Gasteiger partial charge in [-0.05, 0) is 59.1 Å². The van der Waals surface area contributed by atoms with Crippen LogP contribution in [-0.2, 0) is 9.31 Å². The zero-order chi connectivity index (χ0) is 14.5. The standard InChI is InChI=1S/C16H24BNO2/c1-11-9-10-18-14(12-7-6-8-12)13(11)17-19-15(2,3)16(4,5)20-17/h9-10,12H,6-8H2,1-5H3. The minimum Gasteiger partial charge on any atom is -0.399 e. The van der Waals surface area contributed by atoms with E-state index in [-0.39, 0.29) is 18.3 Å². The maximum atomic E-state index is 6.23. The molecular formula is C16H24BNO2. The zero-order valence-corrected chi connectivity index (χ0v) is 13.2. The van der Waals surface area contributed by atoms with Crippen LogP contribution in [-0.4, -0.2) is 23.3 Å². The Hall–Kier alpha value is -0.865. The SMILES string of the molecule is Cc1ccnc(C2CCC2)c1B1OC(C)(C)C(C)(C)O1. The minimum absolute atomic E-state index is 0.288. The van der Waals surface area contributed by atoms with Crippen LogP contribution in [0.15, 0.2) is 12.3 Å². The van der Waals surface area contributed by atoms with Crippen LogP contribution in [0.4, 0.5) is 0 Å². The third kappa shape index (κ3) is 2.10. The van der Waals surface area contributed by atoms with Gasteiger partial charge in [-0.25, -0.2) is 0 Å². The van der Waals surface area contributed by atoms with Gasteiger partial charge in [-0.3, -0.25) is 4.98 Å². The van der Waals surface area contributed by atoms with Crippen LogP contribution in [0.25, 0.3) is 0 Å². The molecule has 0 bridgehead atoms. The van der Waals surface area contributed by atoms with Crippen molar-refractivity contribution in [2.75, 3.05) is 0 Å². The molecule has 0 radical (unpaired) electrons. The van der Waals surface area contributed by atoms with Gasteiger partial charge in [-0.2, -0.15) is 0 Å². The molecule has 20 heavy (non-hydrogen) atoms. The molecule has 4 heteroatoms. The second kappa shape index (κ2) is 4.57. The van der Waals surface area contributed by atoms with Gasteiger partial charge in [0.1, 0.15) is 0 Å². The number of pyridine rings is 1. The van der Waals surface area contributed by atoms with E-state index in [4.69, 9.17) is 9.31 Å². The Morgan fingerprint density at radius 3 is 2.25 bits per heavy atom. The van der Waals surface area contributed by atoms with E-state index in [2.05, 4.69) is 45.7 Å². The van der Waals surface area contributed by atoms with Crippen LogP contribution in [0.2, 0.25) is 0 Å². The maximum Gasteiger partial charge on any atom is 0.497 e. The fourth-order valence-electron chi connectivity index (χ4n) is 2.87. The molecule has 108 valence electrons. The molecule has 3 nitrogen and oxygen atoms in total. The third-order valence-electron chi connectivity index (χ3n) is 5.22. The van der Waals surface area contributed by atoms with E-state index in [1.165, 1.54) is 30.5 Å². The summed E-state index contributed by atoms with van der Waals surface area (Å²) in [5.74, 6) is 0.587. The van der Waals surface area contributed by atoms with Crippen molar-refractivity contribution in [3.63, 3.8) is 0 Å². The molecule has 3 rings (SSSR count). The van der Waals surface area contributed by atoms with Gasteiger partial charge in [-0.1, -0.05) is 6.42 Å². The van der Waals surface area contributed by atoms with E-state index in [9.17, 15) is 0 Å². The Labute approximate surface area is 122 Å². The lowest BCUT2D eigenvalue weighted by atomic mass is 9.69. The summed E-state index contributed by atoms with van der Waals surface area (Å²) >= 11 is 0. The third-order valence-corrected chi connectivity index (χ3v) is 5.22. The lowest BCUT2D eigenvalue weighted by Crippen LogP contribution is -2.41. The van der Waals surface area contributed by atoms with Gasteiger partial charge in [0.2, 0.25) is 0 Å². The monoisotopic (exact) mass is 273 g/mol. The average molecular weight is 273 g/mol. The van der Waals surface area contributed by atoms with Gasteiger partial charge in [0.15, 0.2) is 0 Å². The largest absolute Gasteiger partial charge is 0.497 e. The molecule has 1 aromatic heterocycles. The molecule has 1 saturated heterocycles. The highest BCUT2D eigenvalue weighted by atomic mass is 16.7. The lowest BCUT2D eigenvalue weighted by molar-refractivity contribution is 0.00578. The van der Waals surface area contributed by atoms with Crippen molar-refractivity contribution in [3.8, 4) is 0 Å². The molecule has 1 aliphatic carbocycles. The molecule has 0 amide bonds. The summed E-state index contributed by atoms with van der Waals surface area (Å²) in [5.41, 5.74) is 2.99. The van der Waals surface area contributed by atoms with Gasteiger partial charge in [0, 0.05) is 23.3 Å². The molecule has 0 aromatic carbocycles. The molecule has 0 unspecified atom stereocenters. The smallest absolute Gasteiger partial charge is 0.399 e. The fraction of sp³-hybridized carbons (Fsp3) is 0.688. The summed E-state index contributed by atoms with van der Waals surface area (Å²) in [4.78, 5) is 4.64. The summed E-state index contributed by atoms with van der Waals surface area (Å²) in [5, 5.41) is 0. The number of hydrogen-bond donors (Lipinski definition) is 0. The molecule has 2 heterocycles. The Kier molecular flexibility index (Phi) is 3.22. The summed E-state index contributed by atoms with van der Waals surface area (Å²) in [6.07, 6.45) is 5.70. The lowest BCUT2D eigenvalue weighted by Gasteiger charge is -2.32. The summed E-state index contributed by atoms with van der Waals surface area (Å²) in [6.45, 7) is 10.5. The zero-order valence-electron chi connectivity index (χ0n) is 13.2. The van der Waals surface area contributed by atoms with E-state index in [1.54, 1.807) is 0 Å². The topological polar surface area (TPSA) is 31.4 Å². The number of aromatic nitrogens is 1. The number of rotatable bonds is 2. The molecule has 1 aromatic rings. The minimum atomic E-state index is -0.295. The molecule has 0 atom stereocenters. The van der Waals surface area contributed by atoms with Crippen molar-refractivity contribution < 1.29 is 9.31 Å². The Balaban J connectivity index is 1.99. The molecule has 0 N–H and O–H groups in total. The second-order valence-corrected chi connectivity index (χ2v) is 7.14. The first-order valence-electron chi connectivity index (χ1n) is 7.63. The van der Waals surface area contributed by atoms with Gasteiger partial charge >= 0.3 is 7.12 Å². The first-order valence-corrected chi connectivity index (χ1v) is 7.63. The van der Waals surface area contributed by atoms with Crippen LogP contribution in [0.3, 0.4) is 0 Å². The molecule has 0 spiro atoms.